The van der Waals surface area contributed by atoms with Crippen molar-refractivity contribution in [2.45, 2.75) is 33.1 Å². The highest BCUT2D eigenvalue weighted by molar-refractivity contribution is 6.30. The molecular weight excluding hydrogens is 364 g/mol. The van der Waals surface area contributed by atoms with Crippen LogP contribution in [0, 0.1) is 5.92 Å². The molecule has 27 heavy (non-hydrogen) atoms. The molecule has 2 N–H and O–H groups in total. The first-order valence-corrected chi connectivity index (χ1v) is 10.2. The Balaban J connectivity index is 1.79. The van der Waals surface area contributed by atoms with Crippen LogP contribution in [0.25, 0.3) is 0 Å². The van der Waals surface area contributed by atoms with Gasteiger partial charge in [0.15, 0.2) is 0 Å². The van der Waals surface area contributed by atoms with Gasteiger partial charge in [0.05, 0.1) is 0 Å². The number of benzene rings is 1. The molecule has 1 atom stereocenters. The van der Waals surface area contributed by atoms with Crippen molar-refractivity contribution >= 4 is 29.2 Å². The molecule has 1 fully saturated rings. The zero-order chi connectivity index (χ0) is 19.6. The Morgan fingerprint density at radius 1 is 1.19 bits per heavy atom. The molecule has 0 bridgehead atoms. The summed E-state index contributed by atoms with van der Waals surface area (Å²) in [6.07, 6.45) is 2.74. The Morgan fingerprint density at radius 2 is 1.93 bits per heavy atom. The average molecular weight is 395 g/mol. The predicted molar refractivity (Wildman–Crippen MR) is 110 cm³/mol. The van der Waals surface area contributed by atoms with Gasteiger partial charge in [-0.15, -0.1) is 0 Å². The minimum absolute atomic E-state index is 0.102. The fraction of sp³-hybridized carbons (Fsp3) is 0.600. The molecule has 1 saturated heterocycles. The second kappa shape index (κ2) is 11.0. The number of carbonyl (C=O) groups excluding carboxylic acids is 2. The van der Waals surface area contributed by atoms with E-state index in [9.17, 15) is 9.59 Å². The first-order chi connectivity index (χ1) is 13.0. The lowest BCUT2D eigenvalue weighted by atomic mass is 10.1. The Bertz CT molecular complexity index is 609. The van der Waals surface area contributed by atoms with Crippen LogP contribution in [0.2, 0.25) is 5.02 Å². The van der Waals surface area contributed by atoms with Crippen LogP contribution in [0.5, 0.6) is 0 Å². The van der Waals surface area contributed by atoms with Crippen molar-refractivity contribution in [2.75, 3.05) is 44.2 Å². The van der Waals surface area contributed by atoms with Gasteiger partial charge in [-0.2, -0.15) is 0 Å². The average Bonchev–Trinajstić information content (AvgIpc) is 3.13. The molecule has 7 heteroatoms. The second-order valence-corrected chi connectivity index (χ2v) is 7.47. The van der Waals surface area contributed by atoms with Crippen LogP contribution in [-0.4, -0.2) is 56.1 Å². The molecule has 1 heterocycles. The fourth-order valence-corrected chi connectivity index (χ4v) is 3.37. The molecule has 0 radical (unpaired) electrons. The maximum atomic E-state index is 12.5. The maximum absolute atomic E-state index is 12.5. The SMILES string of the molecule is CCCNC(=O)CN(CCC)C(=O)NCC1CCN(c2ccc(Cl)cc2)C1. The zero-order valence-electron chi connectivity index (χ0n) is 16.3. The van der Waals surface area contributed by atoms with Crippen LogP contribution in [0.15, 0.2) is 24.3 Å². The van der Waals surface area contributed by atoms with Crippen molar-refractivity contribution in [3.63, 3.8) is 0 Å². The number of nitrogens with one attached hydrogen (secondary N) is 2. The molecule has 150 valence electrons. The van der Waals surface area contributed by atoms with E-state index < -0.39 is 0 Å². The molecule has 0 saturated carbocycles. The minimum Gasteiger partial charge on any atom is -0.371 e. The number of urea groups is 1. The van der Waals surface area contributed by atoms with Gasteiger partial charge in [0.25, 0.3) is 0 Å². The van der Waals surface area contributed by atoms with Gasteiger partial charge in [-0.3, -0.25) is 4.79 Å². The highest BCUT2D eigenvalue weighted by atomic mass is 35.5. The van der Waals surface area contributed by atoms with Gasteiger partial charge < -0.3 is 20.4 Å². The third-order valence-electron chi connectivity index (χ3n) is 4.71. The van der Waals surface area contributed by atoms with E-state index in [2.05, 4.69) is 15.5 Å². The van der Waals surface area contributed by atoms with Gasteiger partial charge in [-0.25, -0.2) is 4.79 Å². The molecule has 0 aromatic heterocycles. The van der Waals surface area contributed by atoms with Crippen LogP contribution >= 0.6 is 11.6 Å². The van der Waals surface area contributed by atoms with E-state index in [1.54, 1.807) is 4.90 Å². The van der Waals surface area contributed by atoms with Crippen molar-refractivity contribution in [2.24, 2.45) is 5.92 Å². The molecule has 2 rings (SSSR count). The summed E-state index contributed by atoms with van der Waals surface area (Å²) in [7, 11) is 0. The highest BCUT2D eigenvalue weighted by Crippen LogP contribution is 2.24. The number of hydrogen-bond donors (Lipinski definition) is 2. The summed E-state index contributed by atoms with van der Waals surface area (Å²) in [5, 5.41) is 6.57. The zero-order valence-corrected chi connectivity index (χ0v) is 17.1. The quantitative estimate of drug-likeness (QED) is 0.676. The molecule has 1 unspecified atom stereocenters. The number of anilines is 1. The van der Waals surface area contributed by atoms with E-state index in [1.807, 2.05) is 38.1 Å². The second-order valence-electron chi connectivity index (χ2n) is 7.03. The Kier molecular flexibility index (Phi) is 8.72. The largest absolute Gasteiger partial charge is 0.371 e. The lowest BCUT2D eigenvalue weighted by Gasteiger charge is -2.23. The summed E-state index contributed by atoms with van der Waals surface area (Å²) in [4.78, 5) is 28.3. The predicted octanol–water partition coefficient (Wildman–Crippen LogP) is 3.11. The van der Waals surface area contributed by atoms with Gasteiger partial charge in [0, 0.05) is 43.4 Å². The molecule has 0 spiro atoms. The fourth-order valence-electron chi connectivity index (χ4n) is 3.25. The molecule has 6 nitrogen and oxygen atoms in total. The minimum atomic E-state index is -0.159. The summed E-state index contributed by atoms with van der Waals surface area (Å²) in [6, 6.07) is 7.70. The van der Waals surface area contributed by atoms with E-state index >= 15 is 0 Å². The van der Waals surface area contributed by atoms with Gasteiger partial charge in [0.1, 0.15) is 6.54 Å². The number of rotatable bonds is 9. The summed E-state index contributed by atoms with van der Waals surface area (Å²) < 4.78 is 0. The Labute approximate surface area is 167 Å². The van der Waals surface area contributed by atoms with E-state index in [4.69, 9.17) is 11.6 Å². The first kappa shape index (κ1) is 21.4. The van der Waals surface area contributed by atoms with Crippen LogP contribution in [-0.2, 0) is 4.79 Å². The van der Waals surface area contributed by atoms with Crippen LogP contribution < -0.4 is 15.5 Å². The highest BCUT2D eigenvalue weighted by Gasteiger charge is 2.24. The number of hydrogen-bond acceptors (Lipinski definition) is 3. The molecular formula is C20H31ClN4O2. The first-order valence-electron chi connectivity index (χ1n) is 9.83. The topological polar surface area (TPSA) is 64.7 Å². The van der Waals surface area contributed by atoms with Crippen molar-refractivity contribution in [1.29, 1.82) is 0 Å². The molecule has 0 aliphatic carbocycles. The summed E-state index contributed by atoms with van der Waals surface area (Å²) >= 11 is 5.95. The molecule has 1 aromatic rings. The third kappa shape index (κ3) is 6.94. The van der Waals surface area contributed by atoms with Crippen molar-refractivity contribution < 1.29 is 9.59 Å². The van der Waals surface area contributed by atoms with Crippen molar-refractivity contribution in [3.8, 4) is 0 Å². The Morgan fingerprint density at radius 3 is 2.59 bits per heavy atom. The van der Waals surface area contributed by atoms with Gasteiger partial charge in [0.2, 0.25) is 5.91 Å². The van der Waals surface area contributed by atoms with E-state index in [0.29, 0.717) is 25.6 Å². The van der Waals surface area contributed by atoms with Crippen LogP contribution in [0.4, 0.5) is 10.5 Å². The molecule has 1 aliphatic heterocycles. The lowest BCUT2D eigenvalue weighted by Crippen LogP contribution is -2.47. The number of halogens is 1. The number of nitrogens with zero attached hydrogens (tertiary/aromatic N) is 2. The van der Waals surface area contributed by atoms with Gasteiger partial charge in [-0.05, 0) is 49.4 Å². The normalized spacial score (nSPS) is 16.3. The van der Waals surface area contributed by atoms with Gasteiger partial charge in [-0.1, -0.05) is 25.4 Å². The molecule has 1 aromatic carbocycles. The standard InChI is InChI=1S/C20H31ClN4O2/c1-3-10-22-19(26)15-25(11-4-2)20(27)23-13-16-9-12-24(14-16)18-7-5-17(21)6-8-18/h5-8,16H,3-4,9-15H2,1-2H3,(H,22,26)(H,23,27). The third-order valence-corrected chi connectivity index (χ3v) is 4.96. The molecule has 1 aliphatic rings. The van der Waals surface area contributed by atoms with E-state index in [0.717, 1.165) is 43.1 Å². The van der Waals surface area contributed by atoms with Crippen LogP contribution in [0.1, 0.15) is 33.1 Å². The maximum Gasteiger partial charge on any atom is 0.317 e. The smallest absolute Gasteiger partial charge is 0.317 e. The monoisotopic (exact) mass is 394 g/mol. The van der Waals surface area contributed by atoms with E-state index in [1.165, 1.54) is 0 Å². The van der Waals surface area contributed by atoms with E-state index in [-0.39, 0.29) is 18.5 Å². The lowest BCUT2D eigenvalue weighted by molar-refractivity contribution is -0.121. The van der Waals surface area contributed by atoms with Crippen molar-refractivity contribution in [1.82, 2.24) is 15.5 Å². The van der Waals surface area contributed by atoms with Gasteiger partial charge >= 0.3 is 6.03 Å². The summed E-state index contributed by atoms with van der Waals surface area (Å²) in [6.45, 7) is 7.85. The van der Waals surface area contributed by atoms with Crippen LogP contribution in [0.3, 0.4) is 0 Å². The Hall–Kier alpha value is -1.95. The van der Waals surface area contributed by atoms with Crippen molar-refractivity contribution in [3.05, 3.63) is 29.3 Å². The summed E-state index contributed by atoms with van der Waals surface area (Å²) in [5.41, 5.74) is 1.16. The number of amides is 3. The summed E-state index contributed by atoms with van der Waals surface area (Å²) in [5.74, 6) is 0.303. The number of carbonyl (C=O) groups is 2. The molecule has 3 amide bonds.